The first-order valence-electron chi connectivity index (χ1n) is 10.00. The van der Waals surface area contributed by atoms with Gasteiger partial charge >= 0.3 is 0 Å². The summed E-state index contributed by atoms with van der Waals surface area (Å²) in [4.78, 5) is 14.5. The van der Waals surface area contributed by atoms with Crippen LogP contribution in [0.25, 0.3) is 0 Å². The Hall–Kier alpha value is -2.33. The molecule has 0 fully saturated rings. The Kier molecular flexibility index (Phi) is 9.42. The maximum absolute atomic E-state index is 12.3. The molecule has 0 aliphatic carbocycles. The third-order valence-electron chi connectivity index (χ3n) is 4.29. The molecule has 0 atom stereocenters. The average molecular weight is 369 g/mol. The average Bonchev–Trinajstić information content (AvgIpc) is 2.67. The fraction of sp³-hybridized carbons (Fsp3) is 0.435. The SMILES string of the molecule is CCCN(CCC)CC(=O)Nc1cccc(OCCCc2ccccc2)c1. The Labute approximate surface area is 163 Å². The summed E-state index contributed by atoms with van der Waals surface area (Å²) in [6, 6.07) is 18.1. The largest absolute Gasteiger partial charge is 0.494 e. The molecule has 1 amide bonds. The maximum atomic E-state index is 12.3. The molecule has 4 heteroatoms. The van der Waals surface area contributed by atoms with Crippen LogP contribution in [0.2, 0.25) is 0 Å². The summed E-state index contributed by atoms with van der Waals surface area (Å²) >= 11 is 0. The van der Waals surface area contributed by atoms with Crippen LogP contribution >= 0.6 is 0 Å². The summed E-state index contributed by atoms with van der Waals surface area (Å²) in [5.74, 6) is 0.818. The van der Waals surface area contributed by atoms with Gasteiger partial charge < -0.3 is 10.1 Å². The number of hydrogen-bond acceptors (Lipinski definition) is 3. The summed E-state index contributed by atoms with van der Waals surface area (Å²) in [5, 5.41) is 2.99. The van der Waals surface area contributed by atoms with E-state index in [1.54, 1.807) is 0 Å². The van der Waals surface area contributed by atoms with Crippen LogP contribution in [0.1, 0.15) is 38.7 Å². The van der Waals surface area contributed by atoms with E-state index >= 15 is 0 Å². The van der Waals surface area contributed by atoms with Crippen LogP contribution in [0.15, 0.2) is 54.6 Å². The van der Waals surface area contributed by atoms with Gasteiger partial charge in [0.15, 0.2) is 0 Å². The van der Waals surface area contributed by atoms with E-state index in [2.05, 4.69) is 48.3 Å². The van der Waals surface area contributed by atoms with Gasteiger partial charge in [0.05, 0.1) is 13.2 Å². The molecular weight excluding hydrogens is 336 g/mol. The predicted molar refractivity (Wildman–Crippen MR) is 112 cm³/mol. The number of nitrogens with one attached hydrogen (secondary N) is 1. The van der Waals surface area contributed by atoms with Gasteiger partial charge in [-0.15, -0.1) is 0 Å². The molecule has 0 heterocycles. The van der Waals surface area contributed by atoms with Crippen molar-refractivity contribution in [2.75, 3.05) is 31.6 Å². The summed E-state index contributed by atoms with van der Waals surface area (Å²) in [6.45, 7) is 7.27. The monoisotopic (exact) mass is 368 g/mol. The van der Waals surface area contributed by atoms with Crippen LogP contribution in [0, 0.1) is 0 Å². The highest BCUT2D eigenvalue weighted by Crippen LogP contribution is 2.18. The quantitative estimate of drug-likeness (QED) is 0.549. The van der Waals surface area contributed by atoms with E-state index in [1.165, 1.54) is 5.56 Å². The molecule has 2 aromatic carbocycles. The molecule has 0 bridgehead atoms. The number of benzene rings is 2. The first-order valence-corrected chi connectivity index (χ1v) is 10.00. The minimum Gasteiger partial charge on any atom is -0.494 e. The van der Waals surface area contributed by atoms with Gasteiger partial charge in [0.2, 0.25) is 5.91 Å². The molecular formula is C23H32N2O2. The first kappa shape index (κ1) is 21.0. The van der Waals surface area contributed by atoms with Crippen molar-refractivity contribution in [2.24, 2.45) is 0 Å². The standard InChI is InChI=1S/C23H32N2O2/c1-3-15-25(16-4-2)19-23(26)24-21-13-8-14-22(18-21)27-17-9-12-20-10-6-5-7-11-20/h5-8,10-11,13-14,18H,3-4,9,12,15-17,19H2,1-2H3,(H,24,26). The zero-order chi connectivity index (χ0) is 19.3. The van der Waals surface area contributed by atoms with Crippen LogP contribution in [0.5, 0.6) is 5.75 Å². The van der Waals surface area contributed by atoms with E-state index in [1.807, 2.05) is 30.3 Å². The number of ether oxygens (including phenoxy) is 1. The lowest BCUT2D eigenvalue weighted by Crippen LogP contribution is -2.34. The number of amides is 1. The maximum Gasteiger partial charge on any atom is 0.238 e. The third-order valence-corrected chi connectivity index (χ3v) is 4.29. The molecule has 4 nitrogen and oxygen atoms in total. The van der Waals surface area contributed by atoms with Gasteiger partial charge in [-0.1, -0.05) is 50.2 Å². The van der Waals surface area contributed by atoms with Gasteiger partial charge in [0.25, 0.3) is 0 Å². The van der Waals surface area contributed by atoms with Gasteiger partial charge in [-0.3, -0.25) is 9.69 Å². The van der Waals surface area contributed by atoms with Gasteiger partial charge in [-0.05, 0) is 56.5 Å². The number of nitrogens with zero attached hydrogens (tertiary/aromatic N) is 1. The second-order valence-electron chi connectivity index (χ2n) is 6.79. The molecule has 1 N–H and O–H groups in total. The Morgan fingerprint density at radius 3 is 2.44 bits per heavy atom. The molecule has 0 spiro atoms. The Morgan fingerprint density at radius 2 is 1.74 bits per heavy atom. The number of carbonyl (C=O) groups excluding carboxylic acids is 1. The minimum absolute atomic E-state index is 0.0260. The third kappa shape index (κ3) is 8.27. The van der Waals surface area contributed by atoms with Crippen LogP contribution in [-0.2, 0) is 11.2 Å². The van der Waals surface area contributed by atoms with Crippen molar-refractivity contribution in [3.63, 3.8) is 0 Å². The van der Waals surface area contributed by atoms with Crippen molar-refractivity contribution in [1.82, 2.24) is 4.90 Å². The highest BCUT2D eigenvalue weighted by molar-refractivity contribution is 5.92. The van der Waals surface area contributed by atoms with Crippen molar-refractivity contribution in [3.05, 3.63) is 60.2 Å². The van der Waals surface area contributed by atoms with E-state index in [9.17, 15) is 4.79 Å². The second-order valence-corrected chi connectivity index (χ2v) is 6.79. The van der Waals surface area contributed by atoms with E-state index in [-0.39, 0.29) is 5.91 Å². The van der Waals surface area contributed by atoms with Gasteiger partial charge in [0, 0.05) is 11.8 Å². The summed E-state index contributed by atoms with van der Waals surface area (Å²) in [6.07, 6.45) is 4.07. The second kappa shape index (κ2) is 12.1. The van der Waals surface area contributed by atoms with Crippen LogP contribution < -0.4 is 10.1 Å². The highest BCUT2D eigenvalue weighted by Gasteiger charge is 2.09. The first-order chi connectivity index (χ1) is 13.2. The molecule has 0 aliphatic rings. The van der Waals surface area contributed by atoms with E-state index in [0.29, 0.717) is 13.2 Å². The van der Waals surface area contributed by atoms with Crippen LogP contribution in [-0.4, -0.2) is 37.0 Å². The van der Waals surface area contributed by atoms with Crippen LogP contribution in [0.4, 0.5) is 5.69 Å². The molecule has 0 saturated carbocycles. The van der Waals surface area contributed by atoms with Crippen molar-refractivity contribution in [1.29, 1.82) is 0 Å². The fourth-order valence-corrected chi connectivity index (χ4v) is 3.08. The Morgan fingerprint density at radius 1 is 1.00 bits per heavy atom. The lowest BCUT2D eigenvalue weighted by molar-refractivity contribution is -0.117. The van der Waals surface area contributed by atoms with Gasteiger partial charge in [-0.25, -0.2) is 0 Å². The lowest BCUT2D eigenvalue weighted by atomic mass is 10.1. The van der Waals surface area contributed by atoms with Crippen LogP contribution in [0.3, 0.4) is 0 Å². The zero-order valence-corrected chi connectivity index (χ0v) is 16.6. The summed E-state index contributed by atoms with van der Waals surface area (Å²) in [7, 11) is 0. The Balaban J connectivity index is 1.77. The molecule has 146 valence electrons. The molecule has 27 heavy (non-hydrogen) atoms. The predicted octanol–water partition coefficient (Wildman–Crippen LogP) is 4.76. The smallest absolute Gasteiger partial charge is 0.238 e. The summed E-state index contributed by atoms with van der Waals surface area (Å²) in [5.41, 5.74) is 2.11. The normalized spacial score (nSPS) is 10.8. The van der Waals surface area contributed by atoms with E-state index in [4.69, 9.17) is 4.74 Å². The summed E-state index contributed by atoms with van der Waals surface area (Å²) < 4.78 is 5.85. The van der Waals surface area contributed by atoms with Gasteiger partial charge in [0.1, 0.15) is 5.75 Å². The van der Waals surface area contributed by atoms with E-state index < -0.39 is 0 Å². The molecule has 0 saturated heterocycles. The zero-order valence-electron chi connectivity index (χ0n) is 16.6. The van der Waals surface area contributed by atoms with Gasteiger partial charge in [-0.2, -0.15) is 0 Å². The van der Waals surface area contributed by atoms with Crippen molar-refractivity contribution >= 4 is 11.6 Å². The molecule has 2 rings (SSSR count). The number of aryl methyl sites for hydroxylation is 1. The molecule has 0 unspecified atom stereocenters. The number of hydrogen-bond donors (Lipinski definition) is 1. The Bertz CT molecular complexity index is 667. The fourth-order valence-electron chi connectivity index (χ4n) is 3.08. The topological polar surface area (TPSA) is 41.6 Å². The molecule has 0 radical (unpaired) electrons. The number of rotatable bonds is 12. The van der Waals surface area contributed by atoms with E-state index in [0.717, 1.165) is 50.2 Å². The lowest BCUT2D eigenvalue weighted by Gasteiger charge is -2.20. The molecule has 0 aliphatic heterocycles. The minimum atomic E-state index is 0.0260. The number of anilines is 1. The highest BCUT2D eigenvalue weighted by atomic mass is 16.5. The number of carbonyl (C=O) groups is 1. The molecule has 2 aromatic rings. The molecule has 0 aromatic heterocycles. The van der Waals surface area contributed by atoms with Crippen molar-refractivity contribution < 1.29 is 9.53 Å². The van der Waals surface area contributed by atoms with Crippen molar-refractivity contribution in [3.8, 4) is 5.75 Å². The van der Waals surface area contributed by atoms with Crippen molar-refractivity contribution in [2.45, 2.75) is 39.5 Å².